The summed E-state index contributed by atoms with van der Waals surface area (Å²) in [5, 5.41) is 0. The fraction of sp³-hybridized carbons (Fsp3) is 0.333. The summed E-state index contributed by atoms with van der Waals surface area (Å²) in [7, 11) is 0. The third kappa shape index (κ3) is 3.93. The largest absolute Gasteiger partial charge is 0.448 e. The summed E-state index contributed by atoms with van der Waals surface area (Å²) in [4.78, 5) is 28.0. The Labute approximate surface area is 204 Å². The highest BCUT2D eigenvalue weighted by Crippen LogP contribution is 2.45. The number of ether oxygens (including phenoxy) is 1. The molecule has 3 aliphatic rings. The molecule has 1 aliphatic carbocycles. The molecule has 2 atom stereocenters. The van der Waals surface area contributed by atoms with Crippen LogP contribution >= 0.6 is 0 Å². The minimum absolute atomic E-state index is 0.0129. The fourth-order valence-corrected chi connectivity index (χ4v) is 6.38. The molecule has 2 heterocycles. The second-order valence-corrected chi connectivity index (χ2v) is 10.00. The molecule has 0 aromatic heterocycles. The Morgan fingerprint density at radius 1 is 0.829 bits per heavy atom. The number of ketones is 1. The SMILES string of the molecule is O=C(Cc1ccccc1F)C1CC2CCC(C1)N2C(=O)OCC1c2ccccc2-c2ccccc21. The van der Waals surface area contributed by atoms with E-state index in [0.29, 0.717) is 25.0 Å². The summed E-state index contributed by atoms with van der Waals surface area (Å²) in [5.74, 6) is -0.368. The van der Waals surface area contributed by atoms with Gasteiger partial charge in [0.05, 0.1) is 0 Å². The molecule has 5 heteroatoms. The summed E-state index contributed by atoms with van der Waals surface area (Å²) in [5.41, 5.74) is 5.25. The fourth-order valence-electron chi connectivity index (χ4n) is 6.38. The van der Waals surface area contributed by atoms with E-state index in [-0.39, 0.29) is 48.0 Å². The first-order chi connectivity index (χ1) is 17.1. The lowest BCUT2D eigenvalue weighted by atomic mass is 9.85. The molecule has 0 saturated carbocycles. The van der Waals surface area contributed by atoms with Crippen molar-refractivity contribution >= 4 is 11.9 Å². The quantitative estimate of drug-likeness (QED) is 0.452. The van der Waals surface area contributed by atoms with E-state index >= 15 is 0 Å². The number of hydrogen-bond donors (Lipinski definition) is 0. The zero-order valence-electron chi connectivity index (χ0n) is 19.5. The Morgan fingerprint density at radius 2 is 1.40 bits per heavy atom. The van der Waals surface area contributed by atoms with Gasteiger partial charge < -0.3 is 9.64 Å². The van der Waals surface area contributed by atoms with Gasteiger partial charge in [-0.3, -0.25) is 4.79 Å². The van der Waals surface area contributed by atoms with Crippen LogP contribution in [0.25, 0.3) is 11.1 Å². The van der Waals surface area contributed by atoms with Crippen molar-refractivity contribution in [2.75, 3.05) is 6.61 Å². The van der Waals surface area contributed by atoms with Crippen LogP contribution in [0.3, 0.4) is 0 Å². The van der Waals surface area contributed by atoms with E-state index in [4.69, 9.17) is 4.74 Å². The Bertz CT molecular complexity index is 1230. The molecule has 0 radical (unpaired) electrons. The summed E-state index contributed by atoms with van der Waals surface area (Å²) in [6, 6.07) is 23.1. The highest BCUT2D eigenvalue weighted by Gasteiger charge is 2.46. The topological polar surface area (TPSA) is 46.6 Å². The summed E-state index contributed by atoms with van der Waals surface area (Å²) in [6.07, 6.45) is 2.87. The third-order valence-electron chi connectivity index (χ3n) is 8.06. The molecule has 35 heavy (non-hydrogen) atoms. The highest BCUT2D eigenvalue weighted by molar-refractivity contribution is 5.84. The number of fused-ring (bicyclic) bond motifs is 5. The van der Waals surface area contributed by atoms with Crippen molar-refractivity contribution in [3.8, 4) is 11.1 Å². The van der Waals surface area contributed by atoms with E-state index in [0.717, 1.165) is 12.8 Å². The zero-order valence-corrected chi connectivity index (χ0v) is 19.5. The normalized spacial score (nSPS) is 22.5. The van der Waals surface area contributed by atoms with Gasteiger partial charge in [0.1, 0.15) is 18.2 Å². The molecular formula is C30H28FNO3. The van der Waals surface area contributed by atoms with E-state index in [1.165, 1.54) is 28.3 Å². The second kappa shape index (κ2) is 8.95. The first kappa shape index (κ1) is 22.0. The molecule has 2 unspecified atom stereocenters. The minimum Gasteiger partial charge on any atom is -0.448 e. The number of amides is 1. The van der Waals surface area contributed by atoms with Gasteiger partial charge in [-0.2, -0.15) is 0 Å². The van der Waals surface area contributed by atoms with Crippen molar-refractivity contribution in [3.05, 3.63) is 95.3 Å². The van der Waals surface area contributed by atoms with E-state index in [2.05, 4.69) is 24.3 Å². The average Bonchev–Trinajstić information content (AvgIpc) is 3.34. The Balaban J connectivity index is 1.12. The van der Waals surface area contributed by atoms with Gasteiger partial charge in [-0.1, -0.05) is 66.7 Å². The summed E-state index contributed by atoms with van der Waals surface area (Å²) >= 11 is 0. The highest BCUT2D eigenvalue weighted by atomic mass is 19.1. The number of nitrogens with zero attached hydrogens (tertiary/aromatic N) is 1. The van der Waals surface area contributed by atoms with Crippen molar-refractivity contribution in [1.29, 1.82) is 0 Å². The van der Waals surface area contributed by atoms with Crippen LogP contribution in [0.4, 0.5) is 9.18 Å². The molecule has 2 fully saturated rings. The van der Waals surface area contributed by atoms with Crippen LogP contribution in [0, 0.1) is 11.7 Å². The lowest BCUT2D eigenvalue weighted by Crippen LogP contribution is -2.48. The van der Waals surface area contributed by atoms with Gasteiger partial charge in [0.2, 0.25) is 0 Å². The van der Waals surface area contributed by atoms with Crippen LogP contribution in [0.2, 0.25) is 0 Å². The van der Waals surface area contributed by atoms with Crippen LogP contribution in [0.1, 0.15) is 48.3 Å². The van der Waals surface area contributed by atoms with Gasteiger partial charge in [-0.15, -0.1) is 0 Å². The van der Waals surface area contributed by atoms with Crippen LogP contribution in [-0.4, -0.2) is 35.5 Å². The molecule has 178 valence electrons. The number of halogens is 1. The van der Waals surface area contributed by atoms with Crippen molar-refractivity contribution < 1.29 is 18.7 Å². The Hall–Kier alpha value is -3.47. The smallest absolute Gasteiger partial charge is 0.410 e. The first-order valence-electron chi connectivity index (χ1n) is 12.5. The monoisotopic (exact) mass is 469 g/mol. The van der Waals surface area contributed by atoms with Gasteiger partial charge in [0, 0.05) is 30.3 Å². The lowest BCUT2D eigenvalue weighted by Gasteiger charge is -2.37. The van der Waals surface area contributed by atoms with Gasteiger partial charge in [-0.25, -0.2) is 9.18 Å². The summed E-state index contributed by atoms with van der Waals surface area (Å²) < 4.78 is 19.9. The van der Waals surface area contributed by atoms with E-state index < -0.39 is 0 Å². The van der Waals surface area contributed by atoms with Gasteiger partial charge in [0.15, 0.2) is 0 Å². The molecule has 2 bridgehead atoms. The maximum Gasteiger partial charge on any atom is 0.410 e. The van der Waals surface area contributed by atoms with Crippen LogP contribution in [0.15, 0.2) is 72.8 Å². The minimum atomic E-state index is -0.333. The Morgan fingerprint density at radius 3 is 2.03 bits per heavy atom. The van der Waals surface area contributed by atoms with Gasteiger partial charge in [-0.05, 0) is 59.6 Å². The van der Waals surface area contributed by atoms with E-state index in [1.807, 2.05) is 29.2 Å². The number of piperidine rings is 1. The molecule has 2 aliphatic heterocycles. The van der Waals surface area contributed by atoms with Gasteiger partial charge in [0.25, 0.3) is 0 Å². The van der Waals surface area contributed by atoms with E-state index in [9.17, 15) is 14.0 Å². The van der Waals surface area contributed by atoms with Crippen molar-refractivity contribution in [3.63, 3.8) is 0 Å². The lowest BCUT2D eigenvalue weighted by molar-refractivity contribution is -0.124. The average molecular weight is 470 g/mol. The van der Waals surface area contributed by atoms with Crippen molar-refractivity contribution in [2.24, 2.45) is 5.92 Å². The number of rotatable bonds is 5. The molecule has 4 nitrogen and oxygen atoms in total. The molecule has 3 aromatic rings. The molecule has 3 aromatic carbocycles. The molecule has 0 spiro atoms. The molecule has 1 amide bonds. The molecule has 0 N–H and O–H groups in total. The number of carbonyl (C=O) groups excluding carboxylic acids is 2. The number of carbonyl (C=O) groups is 2. The zero-order chi connectivity index (χ0) is 23.9. The maximum atomic E-state index is 14.0. The predicted octanol–water partition coefficient (Wildman–Crippen LogP) is 6.13. The maximum absolute atomic E-state index is 14.0. The molecular weight excluding hydrogens is 441 g/mol. The Kier molecular flexibility index (Phi) is 5.63. The predicted molar refractivity (Wildman–Crippen MR) is 132 cm³/mol. The van der Waals surface area contributed by atoms with Crippen LogP contribution in [-0.2, 0) is 16.0 Å². The standard InChI is InChI=1S/C30H28FNO3/c31-28-12-6-1-7-19(28)17-29(33)20-15-21-13-14-22(16-20)32(21)30(34)35-18-27-25-10-4-2-8-23(25)24-9-3-5-11-26(24)27/h1-12,20-22,27H,13-18H2. The van der Waals surface area contributed by atoms with Crippen LogP contribution < -0.4 is 0 Å². The number of Topliss-reactive ketones (excluding diaryl/α,β-unsaturated/α-hetero) is 1. The molecule has 6 rings (SSSR count). The van der Waals surface area contributed by atoms with Crippen molar-refractivity contribution in [1.82, 2.24) is 4.90 Å². The van der Waals surface area contributed by atoms with E-state index in [1.54, 1.807) is 18.2 Å². The number of hydrogen-bond acceptors (Lipinski definition) is 3. The van der Waals surface area contributed by atoms with Crippen molar-refractivity contribution in [2.45, 2.75) is 50.1 Å². The van der Waals surface area contributed by atoms with Crippen LogP contribution in [0.5, 0.6) is 0 Å². The number of benzene rings is 3. The first-order valence-corrected chi connectivity index (χ1v) is 12.5. The molecule has 2 saturated heterocycles. The second-order valence-electron chi connectivity index (χ2n) is 10.00. The van der Waals surface area contributed by atoms with Gasteiger partial charge >= 0.3 is 6.09 Å². The summed E-state index contributed by atoms with van der Waals surface area (Å²) in [6.45, 7) is 0.304. The third-order valence-corrected chi connectivity index (χ3v) is 8.06.